The molecule has 0 spiro atoms. The van der Waals surface area contributed by atoms with Crippen LogP contribution in [0.5, 0.6) is 0 Å². The molecule has 3 rings (SSSR count). The highest BCUT2D eigenvalue weighted by atomic mass is 32.2. The van der Waals surface area contributed by atoms with Gasteiger partial charge < -0.3 is 4.90 Å². The zero-order valence-corrected chi connectivity index (χ0v) is 11.3. The summed E-state index contributed by atoms with van der Waals surface area (Å²) in [5.41, 5.74) is 2.12. The van der Waals surface area contributed by atoms with Gasteiger partial charge in [0, 0.05) is 6.04 Å². The van der Waals surface area contributed by atoms with Crippen molar-refractivity contribution < 1.29 is 4.21 Å². The molecule has 1 aliphatic heterocycles. The molecule has 3 heteroatoms. The minimum absolute atomic E-state index is 0.338. The summed E-state index contributed by atoms with van der Waals surface area (Å²) in [6, 6.07) is 16.2. The van der Waals surface area contributed by atoms with E-state index in [1.165, 1.54) is 0 Å². The van der Waals surface area contributed by atoms with Crippen molar-refractivity contribution in [3.05, 3.63) is 48.5 Å². The average molecular weight is 257 g/mol. The molecule has 0 aliphatic carbocycles. The zero-order valence-electron chi connectivity index (χ0n) is 10.5. The van der Waals surface area contributed by atoms with Crippen LogP contribution in [-0.4, -0.2) is 10.3 Å². The van der Waals surface area contributed by atoms with Crippen LogP contribution in [0.25, 0.3) is 0 Å². The molecule has 2 nitrogen and oxygen atoms in total. The smallest absolute Gasteiger partial charge is 0.0892 e. The summed E-state index contributed by atoms with van der Waals surface area (Å²) in [7, 11) is -1.07. The molecule has 2 aromatic carbocycles. The van der Waals surface area contributed by atoms with Crippen molar-refractivity contribution in [2.75, 3.05) is 4.90 Å². The monoisotopic (exact) mass is 257 g/mol. The zero-order chi connectivity index (χ0) is 12.7. The van der Waals surface area contributed by atoms with E-state index in [-0.39, 0.29) is 0 Å². The molecule has 0 saturated carbocycles. The molecule has 0 aromatic heterocycles. The van der Waals surface area contributed by atoms with Gasteiger partial charge in [-0.15, -0.1) is 0 Å². The van der Waals surface area contributed by atoms with Crippen LogP contribution in [0.3, 0.4) is 0 Å². The lowest BCUT2D eigenvalue weighted by Gasteiger charge is -2.35. The Bertz CT molecular complexity index is 572. The third kappa shape index (κ3) is 1.58. The van der Waals surface area contributed by atoms with Gasteiger partial charge in [-0.25, -0.2) is 4.21 Å². The maximum absolute atomic E-state index is 12.6. The van der Waals surface area contributed by atoms with Crippen molar-refractivity contribution in [3.8, 4) is 0 Å². The van der Waals surface area contributed by atoms with E-state index in [0.29, 0.717) is 6.04 Å². The van der Waals surface area contributed by atoms with Crippen molar-refractivity contribution in [1.82, 2.24) is 0 Å². The quantitative estimate of drug-likeness (QED) is 0.776. The van der Waals surface area contributed by atoms with Crippen LogP contribution in [0.1, 0.15) is 13.8 Å². The minimum atomic E-state index is -1.07. The Balaban J connectivity index is 2.30. The van der Waals surface area contributed by atoms with Crippen LogP contribution in [0, 0.1) is 0 Å². The molecule has 0 saturated heterocycles. The molecule has 0 bridgehead atoms. The predicted molar refractivity (Wildman–Crippen MR) is 74.8 cm³/mol. The lowest BCUT2D eigenvalue weighted by Crippen LogP contribution is -2.30. The van der Waals surface area contributed by atoms with Gasteiger partial charge in [0.15, 0.2) is 0 Å². The van der Waals surface area contributed by atoms with E-state index in [2.05, 4.69) is 18.7 Å². The highest BCUT2D eigenvalue weighted by Gasteiger charge is 2.28. The molecule has 0 fully saturated rings. The van der Waals surface area contributed by atoms with Crippen LogP contribution in [0.2, 0.25) is 0 Å². The summed E-state index contributed by atoms with van der Waals surface area (Å²) in [6.07, 6.45) is 0. The topological polar surface area (TPSA) is 20.3 Å². The second-order valence-electron chi connectivity index (χ2n) is 4.67. The van der Waals surface area contributed by atoms with E-state index in [1.54, 1.807) is 0 Å². The number of fused-ring (bicyclic) bond motifs is 2. The second-order valence-corrected chi connectivity index (χ2v) is 6.09. The van der Waals surface area contributed by atoms with Gasteiger partial charge in [0.2, 0.25) is 0 Å². The van der Waals surface area contributed by atoms with Crippen LogP contribution in [-0.2, 0) is 10.8 Å². The van der Waals surface area contributed by atoms with Crippen LogP contribution < -0.4 is 4.90 Å². The van der Waals surface area contributed by atoms with Gasteiger partial charge >= 0.3 is 0 Å². The fourth-order valence-corrected chi connectivity index (χ4v) is 3.78. The van der Waals surface area contributed by atoms with E-state index in [0.717, 1.165) is 21.2 Å². The molecule has 0 amide bonds. The maximum Gasteiger partial charge on any atom is 0.0892 e. The van der Waals surface area contributed by atoms with Gasteiger partial charge in [-0.2, -0.15) is 0 Å². The van der Waals surface area contributed by atoms with Gasteiger partial charge in [0.05, 0.1) is 32.0 Å². The number of hydrogen-bond donors (Lipinski definition) is 0. The minimum Gasteiger partial charge on any atom is -0.337 e. The van der Waals surface area contributed by atoms with Crippen LogP contribution in [0.15, 0.2) is 58.3 Å². The number of nitrogens with zero attached hydrogens (tertiary/aromatic N) is 1. The van der Waals surface area contributed by atoms with Crippen molar-refractivity contribution in [2.24, 2.45) is 0 Å². The van der Waals surface area contributed by atoms with E-state index in [4.69, 9.17) is 0 Å². The summed E-state index contributed by atoms with van der Waals surface area (Å²) in [6.45, 7) is 4.31. The van der Waals surface area contributed by atoms with E-state index >= 15 is 0 Å². The van der Waals surface area contributed by atoms with Gasteiger partial charge in [-0.1, -0.05) is 24.3 Å². The Morgan fingerprint density at radius 1 is 0.889 bits per heavy atom. The van der Waals surface area contributed by atoms with E-state index in [9.17, 15) is 4.21 Å². The summed E-state index contributed by atoms with van der Waals surface area (Å²) < 4.78 is 12.6. The van der Waals surface area contributed by atoms with Crippen LogP contribution in [0.4, 0.5) is 11.4 Å². The third-order valence-electron chi connectivity index (χ3n) is 3.17. The normalized spacial score (nSPS) is 14.5. The Kier molecular flexibility index (Phi) is 2.71. The summed E-state index contributed by atoms with van der Waals surface area (Å²) in [5, 5.41) is 0. The largest absolute Gasteiger partial charge is 0.337 e. The number of rotatable bonds is 1. The third-order valence-corrected chi connectivity index (χ3v) is 4.65. The molecule has 0 radical (unpaired) electrons. The number of benzene rings is 2. The van der Waals surface area contributed by atoms with Crippen molar-refractivity contribution in [3.63, 3.8) is 0 Å². The van der Waals surface area contributed by atoms with Gasteiger partial charge in [-0.3, -0.25) is 0 Å². The lowest BCUT2D eigenvalue weighted by atomic mass is 10.2. The Hall–Kier alpha value is -1.61. The molecule has 0 N–H and O–H groups in total. The second kappa shape index (κ2) is 4.25. The summed E-state index contributed by atoms with van der Waals surface area (Å²) >= 11 is 0. The molecular formula is C15H15NOS. The molecule has 18 heavy (non-hydrogen) atoms. The molecule has 92 valence electrons. The number of para-hydroxylation sites is 2. The molecule has 1 aliphatic rings. The molecule has 1 heterocycles. The first-order chi connectivity index (χ1) is 8.70. The molecule has 0 atom stereocenters. The summed E-state index contributed by atoms with van der Waals surface area (Å²) in [5.74, 6) is 0. The first-order valence-corrected chi connectivity index (χ1v) is 7.24. The van der Waals surface area contributed by atoms with Crippen LogP contribution >= 0.6 is 0 Å². The Morgan fingerprint density at radius 3 is 1.78 bits per heavy atom. The average Bonchev–Trinajstić information content (AvgIpc) is 2.39. The van der Waals surface area contributed by atoms with E-state index < -0.39 is 10.8 Å². The first kappa shape index (κ1) is 11.5. The maximum atomic E-state index is 12.6. The molecular weight excluding hydrogens is 242 g/mol. The highest BCUT2D eigenvalue weighted by molar-refractivity contribution is 7.85. The first-order valence-electron chi connectivity index (χ1n) is 6.09. The molecule has 0 unspecified atom stereocenters. The SMILES string of the molecule is CC(C)N1c2ccccc2S(=O)c2ccccc21. The van der Waals surface area contributed by atoms with Gasteiger partial charge in [0.1, 0.15) is 0 Å². The fourth-order valence-electron chi connectivity index (χ4n) is 2.43. The van der Waals surface area contributed by atoms with Crippen molar-refractivity contribution in [2.45, 2.75) is 29.7 Å². The van der Waals surface area contributed by atoms with Crippen molar-refractivity contribution in [1.29, 1.82) is 0 Å². The summed E-state index contributed by atoms with van der Waals surface area (Å²) in [4.78, 5) is 4.07. The molecule has 2 aromatic rings. The Morgan fingerprint density at radius 2 is 1.33 bits per heavy atom. The number of hydrogen-bond acceptors (Lipinski definition) is 2. The Labute approximate surface area is 110 Å². The standard InChI is InChI=1S/C15H15NOS/c1-11(2)16-12-7-3-5-9-14(12)18(17)15-10-6-4-8-13(15)16/h3-11H,1-2H3. The number of anilines is 2. The lowest BCUT2D eigenvalue weighted by molar-refractivity contribution is 0.678. The highest BCUT2D eigenvalue weighted by Crippen LogP contribution is 2.42. The van der Waals surface area contributed by atoms with Gasteiger partial charge in [0.25, 0.3) is 0 Å². The fraction of sp³-hybridized carbons (Fsp3) is 0.200. The van der Waals surface area contributed by atoms with Crippen molar-refractivity contribution >= 4 is 22.2 Å². The van der Waals surface area contributed by atoms with Gasteiger partial charge in [-0.05, 0) is 38.1 Å². The predicted octanol–water partition coefficient (Wildman–Crippen LogP) is 3.71. The van der Waals surface area contributed by atoms with E-state index in [1.807, 2.05) is 48.5 Å².